The molecule has 194 valence electrons. The number of carbonyl (C=O) groups excluding carboxylic acids is 1. The molecule has 1 amide bonds. The molecule has 35 heavy (non-hydrogen) atoms. The Morgan fingerprint density at radius 2 is 1.60 bits per heavy atom. The lowest BCUT2D eigenvalue weighted by Gasteiger charge is -2.17. The molecular formula is C27H40F2N4O2. The molecule has 0 radical (unpaired) electrons. The summed E-state index contributed by atoms with van der Waals surface area (Å²) in [7, 11) is 0. The number of aliphatic hydroxyl groups is 1. The predicted molar refractivity (Wildman–Crippen MR) is 139 cm³/mol. The van der Waals surface area contributed by atoms with Crippen LogP contribution in [0.1, 0.15) is 82.6 Å². The third-order valence-corrected chi connectivity index (χ3v) is 4.90. The van der Waals surface area contributed by atoms with Gasteiger partial charge in [0.05, 0.1) is 12.2 Å². The van der Waals surface area contributed by atoms with Gasteiger partial charge < -0.3 is 21.9 Å². The van der Waals surface area contributed by atoms with Crippen LogP contribution in [0.5, 0.6) is 0 Å². The summed E-state index contributed by atoms with van der Waals surface area (Å²) in [6.45, 7) is 13.2. The number of amides is 1. The van der Waals surface area contributed by atoms with Crippen molar-refractivity contribution in [2.75, 3.05) is 6.61 Å². The van der Waals surface area contributed by atoms with Crippen molar-refractivity contribution in [3.8, 4) is 0 Å². The van der Waals surface area contributed by atoms with Gasteiger partial charge in [-0.2, -0.15) is 0 Å². The topological polar surface area (TPSA) is 114 Å². The number of aromatic nitrogens is 1. The zero-order valence-electron chi connectivity index (χ0n) is 21.8. The number of allylic oxidation sites excluding steroid dienone is 3. The number of hydrogen-bond acceptors (Lipinski definition) is 5. The van der Waals surface area contributed by atoms with Gasteiger partial charge in [0.1, 0.15) is 17.3 Å². The highest BCUT2D eigenvalue weighted by atomic mass is 19.1. The molecule has 6 N–H and O–H groups in total. The number of nitrogens with one attached hydrogen (secondary N) is 1. The smallest absolute Gasteiger partial charge is 0.270 e. The molecule has 0 aliphatic heterocycles. The van der Waals surface area contributed by atoms with Crippen molar-refractivity contribution in [1.29, 1.82) is 0 Å². The van der Waals surface area contributed by atoms with Crippen LogP contribution in [0, 0.1) is 11.6 Å². The number of hydrogen-bond donors (Lipinski definition) is 4. The minimum absolute atomic E-state index is 0.0679. The van der Waals surface area contributed by atoms with Crippen LogP contribution in [0.4, 0.5) is 8.78 Å². The number of rotatable bonds is 8. The molecule has 8 heteroatoms. The molecule has 1 heterocycles. The Labute approximate surface area is 208 Å². The van der Waals surface area contributed by atoms with Gasteiger partial charge in [0.15, 0.2) is 0 Å². The van der Waals surface area contributed by atoms with E-state index in [1.54, 1.807) is 25.1 Å². The molecule has 2 rings (SSSR count). The number of carbonyl (C=O) groups is 1. The van der Waals surface area contributed by atoms with Crippen LogP contribution in [0.25, 0.3) is 5.70 Å². The standard InChI is InChI=1S/C23H28F2N4O2.2C2H6/c1-4-15(11-18(26)21-16(24)7-5-8-17(21)25)22(27)14(3)19-9-6-10-20(29-19)23(31)28-13(2)12-30;2*1-2/h5-11,13-14,30H,4,12,26-27H2,1-3H3,(H,28,31);2*1-2H3/b18-11-,22-15-;;/t13-,14?;;/m0../s1. The molecule has 0 fully saturated rings. The van der Waals surface area contributed by atoms with E-state index in [-0.39, 0.29) is 29.5 Å². The summed E-state index contributed by atoms with van der Waals surface area (Å²) in [5, 5.41) is 11.7. The highest BCUT2D eigenvalue weighted by Gasteiger charge is 2.18. The van der Waals surface area contributed by atoms with Crippen molar-refractivity contribution < 1.29 is 18.7 Å². The molecule has 0 aliphatic carbocycles. The molecule has 6 nitrogen and oxygen atoms in total. The second-order valence-corrected chi connectivity index (χ2v) is 7.26. The number of pyridine rings is 1. The minimum atomic E-state index is -0.756. The van der Waals surface area contributed by atoms with E-state index < -0.39 is 23.6 Å². The van der Waals surface area contributed by atoms with Gasteiger partial charge in [-0.15, -0.1) is 0 Å². The van der Waals surface area contributed by atoms with Crippen LogP contribution in [-0.4, -0.2) is 28.6 Å². The zero-order chi connectivity index (χ0) is 27.1. The average Bonchev–Trinajstić information content (AvgIpc) is 2.88. The van der Waals surface area contributed by atoms with E-state index in [2.05, 4.69) is 10.3 Å². The molecule has 2 aromatic rings. The predicted octanol–water partition coefficient (Wildman–Crippen LogP) is 5.25. The number of aliphatic hydroxyl groups excluding tert-OH is 1. The Hall–Kier alpha value is -3.26. The Balaban J connectivity index is 0.00000274. The fourth-order valence-electron chi connectivity index (χ4n) is 3.02. The van der Waals surface area contributed by atoms with Crippen molar-refractivity contribution >= 4 is 11.6 Å². The van der Waals surface area contributed by atoms with Gasteiger partial charge in [-0.25, -0.2) is 13.8 Å². The van der Waals surface area contributed by atoms with Crippen molar-refractivity contribution in [2.24, 2.45) is 11.5 Å². The molecule has 1 aromatic carbocycles. The number of benzene rings is 1. The summed E-state index contributed by atoms with van der Waals surface area (Å²) in [5.41, 5.74) is 13.7. The summed E-state index contributed by atoms with van der Waals surface area (Å²) in [5.74, 6) is -2.30. The maximum absolute atomic E-state index is 14.0. The van der Waals surface area contributed by atoms with E-state index >= 15 is 0 Å². The summed E-state index contributed by atoms with van der Waals surface area (Å²) >= 11 is 0. The first-order chi connectivity index (χ1) is 16.7. The quantitative estimate of drug-likeness (QED) is 0.378. The summed E-state index contributed by atoms with van der Waals surface area (Å²) < 4.78 is 28.1. The van der Waals surface area contributed by atoms with Gasteiger partial charge >= 0.3 is 0 Å². The third-order valence-electron chi connectivity index (χ3n) is 4.90. The Morgan fingerprint density at radius 3 is 2.11 bits per heavy atom. The van der Waals surface area contributed by atoms with Crippen molar-refractivity contribution in [3.63, 3.8) is 0 Å². The summed E-state index contributed by atoms with van der Waals surface area (Å²) in [6, 6.07) is 8.13. The van der Waals surface area contributed by atoms with Crippen LogP contribution in [0.3, 0.4) is 0 Å². The van der Waals surface area contributed by atoms with Gasteiger partial charge in [-0.3, -0.25) is 4.79 Å². The maximum atomic E-state index is 14.0. The zero-order valence-corrected chi connectivity index (χ0v) is 21.8. The summed E-state index contributed by atoms with van der Waals surface area (Å²) in [6.07, 6.45) is 1.94. The minimum Gasteiger partial charge on any atom is -0.401 e. The normalized spacial score (nSPS) is 13.3. The second-order valence-electron chi connectivity index (χ2n) is 7.26. The molecule has 2 atom stereocenters. The van der Waals surface area contributed by atoms with E-state index in [9.17, 15) is 13.6 Å². The first-order valence-electron chi connectivity index (χ1n) is 12.0. The van der Waals surface area contributed by atoms with E-state index in [4.69, 9.17) is 16.6 Å². The highest BCUT2D eigenvalue weighted by Crippen LogP contribution is 2.26. The second kappa shape index (κ2) is 16.4. The van der Waals surface area contributed by atoms with Crippen molar-refractivity contribution in [1.82, 2.24) is 10.3 Å². The van der Waals surface area contributed by atoms with E-state index in [0.717, 1.165) is 12.1 Å². The van der Waals surface area contributed by atoms with Crippen LogP contribution in [0.2, 0.25) is 0 Å². The van der Waals surface area contributed by atoms with Gasteiger partial charge in [-0.1, -0.05) is 53.7 Å². The lowest BCUT2D eigenvalue weighted by molar-refractivity contribution is 0.0917. The Bertz CT molecular complexity index is 986. The third kappa shape index (κ3) is 9.13. The average molecular weight is 491 g/mol. The molecular weight excluding hydrogens is 450 g/mol. The molecule has 0 aliphatic rings. The van der Waals surface area contributed by atoms with E-state index in [0.29, 0.717) is 23.4 Å². The number of halogens is 2. The van der Waals surface area contributed by atoms with Crippen molar-refractivity contribution in [3.05, 3.63) is 82.3 Å². The lowest BCUT2D eigenvalue weighted by atomic mass is 9.96. The Kier molecular flexibility index (Phi) is 14.9. The molecule has 0 spiro atoms. The molecule has 0 saturated carbocycles. The van der Waals surface area contributed by atoms with E-state index in [1.807, 2.05) is 41.5 Å². The van der Waals surface area contributed by atoms with E-state index in [1.165, 1.54) is 12.1 Å². The lowest BCUT2D eigenvalue weighted by Crippen LogP contribution is -2.35. The van der Waals surface area contributed by atoms with Gasteiger partial charge in [0.25, 0.3) is 5.91 Å². The van der Waals surface area contributed by atoms with Crippen LogP contribution in [0.15, 0.2) is 53.7 Å². The van der Waals surface area contributed by atoms with Crippen LogP contribution < -0.4 is 16.8 Å². The molecule has 0 bridgehead atoms. The van der Waals surface area contributed by atoms with Crippen LogP contribution >= 0.6 is 0 Å². The maximum Gasteiger partial charge on any atom is 0.270 e. The van der Waals surface area contributed by atoms with Gasteiger partial charge in [0.2, 0.25) is 0 Å². The van der Waals surface area contributed by atoms with Gasteiger partial charge in [0, 0.05) is 29.0 Å². The molecule has 1 aromatic heterocycles. The Morgan fingerprint density at radius 1 is 1.06 bits per heavy atom. The van der Waals surface area contributed by atoms with Crippen molar-refractivity contribution in [2.45, 2.75) is 66.8 Å². The first-order valence-corrected chi connectivity index (χ1v) is 12.0. The van der Waals surface area contributed by atoms with Crippen LogP contribution in [-0.2, 0) is 0 Å². The first kappa shape index (κ1) is 31.7. The SMILES string of the molecule is CC.CC.CCC(/C=C(\N)c1c(F)cccc1F)=C(/N)C(C)c1cccc(C(=O)N[C@@H](C)CO)n1. The number of nitrogens with two attached hydrogens (primary N) is 2. The van der Waals surface area contributed by atoms with Gasteiger partial charge in [-0.05, 0) is 49.3 Å². The molecule has 1 unspecified atom stereocenters. The fourth-order valence-corrected chi connectivity index (χ4v) is 3.02. The summed E-state index contributed by atoms with van der Waals surface area (Å²) in [4.78, 5) is 16.7. The monoisotopic (exact) mass is 490 g/mol. The highest BCUT2D eigenvalue weighted by molar-refractivity contribution is 5.92. The largest absolute Gasteiger partial charge is 0.401 e. The number of nitrogens with zero attached hydrogens (tertiary/aromatic N) is 1. The molecule has 0 saturated heterocycles. The fraction of sp³-hybridized carbons (Fsp3) is 0.407.